The van der Waals surface area contributed by atoms with E-state index in [0.717, 1.165) is 6.26 Å². The van der Waals surface area contributed by atoms with E-state index in [1.807, 2.05) is 0 Å². The number of carbonyl (C=O) groups is 1. The Morgan fingerprint density at radius 1 is 1.45 bits per heavy atom. The molecular weight excluding hydrogens is 148 g/mol. The zero-order valence-corrected chi connectivity index (χ0v) is 6.66. The minimum atomic E-state index is -1.11. The zero-order valence-electron chi connectivity index (χ0n) is 6.66. The topological polar surface area (TPSA) is 55.8 Å². The Morgan fingerprint density at radius 2 is 2.09 bits per heavy atom. The molecule has 64 valence electrons. The highest BCUT2D eigenvalue weighted by atomic mass is 16.5. The van der Waals surface area contributed by atoms with Crippen LogP contribution in [0.15, 0.2) is 12.0 Å². The minimum absolute atomic E-state index is 0.158. The van der Waals surface area contributed by atoms with Crippen LogP contribution in [0.2, 0.25) is 0 Å². The summed E-state index contributed by atoms with van der Waals surface area (Å²) in [7, 11) is 0. The number of rotatable bonds is 5. The van der Waals surface area contributed by atoms with Crippen LogP contribution < -0.4 is 0 Å². The van der Waals surface area contributed by atoms with E-state index in [2.05, 4.69) is 0 Å². The molecule has 0 radical (unpaired) electrons. The van der Waals surface area contributed by atoms with Crippen molar-refractivity contribution in [2.75, 3.05) is 13.2 Å². The van der Waals surface area contributed by atoms with Gasteiger partial charge in [-0.2, -0.15) is 0 Å². The van der Waals surface area contributed by atoms with Gasteiger partial charge in [0.05, 0.1) is 13.2 Å². The summed E-state index contributed by atoms with van der Waals surface area (Å²) in [4.78, 5) is 10.3. The van der Waals surface area contributed by atoms with E-state index in [1.54, 1.807) is 13.8 Å². The van der Waals surface area contributed by atoms with Crippen LogP contribution in [0.3, 0.4) is 0 Å². The summed E-state index contributed by atoms with van der Waals surface area (Å²) in [5.41, 5.74) is 0. The molecule has 0 atom stereocenters. The summed E-state index contributed by atoms with van der Waals surface area (Å²) in [6.07, 6.45) is 1.10. The average Bonchev–Trinajstić information content (AvgIpc) is 1.97. The molecule has 0 fully saturated rings. The van der Waals surface area contributed by atoms with Crippen molar-refractivity contribution in [2.24, 2.45) is 0 Å². The maximum atomic E-state index is 10.3. The quantitative estimate of drug-likeness (QED) is 0.481. The maximum absolute atomic E-state index is 10.3. The second-order valence-corrected chi connectivity index (χ2v) is 1.68. The molecule has 0 aromatic rings. The fourth-order valence-electron chi connectivity index (χ4n) is 0.461. The Balaban J connectivity index is 3.97. The molecule has 0 bridgehead atoms. The Labute approximate surface area is 65.4 Å². The lowest BCUT2D eigenvalue weighted by Gasteiger charge is -2.02. The Kier molecular flexibility index (Phi) is 4.98. The van der Waals surface area contributed by atoms with Crippen molar-refractivity contribution in [1.82, 2.24) is 0 Å². The first-order chi connectivity index (χ1) is 5.22. The summed E-state index contributed by atoms with van der Waals surface area (Å²) >= 11 is 0. The largest absolute Gasteiger partial charge is 0.497 e. The molecule has 4 heteroatoms. The molecule has 0 aliphatic carbocycles. The molecule has 0 rings (SSSR count). The van der Waals surface area contributed by atoms with E-state index in [1.165, 1.54) is 0 Å². The fraction of sp³-hybridized carbons (Fsp3) is 0.571. The van der Waals surface area contributed by atoms with Gasteiger partial charge >= 0.3 is 5.97 Å². The number of ether oxygens (including phenoxy) is 2. The first kappa shape index (κ1) is 9.81. The van der Waals surface area contributed by atoms with Crippen LogP contribution in [-0.2, 0) is 14.3 Å². The molecule has 0 aromatic carbocycles. The third kappa shape index (κ3) is 4.25. The lowest BCUT2D eigenvalue weighted by Crippen LogP contribution is -2.05. The third-order valence-electron chi connectivity index (χ3n) is 0.868. The first-order valence-electron chi connectivity index (χ1n) is 3.40. The molecule has 0 aromatic heterocycles. The summed E-state index contributed by atoms with van der Waals surface area (Å²) in [5.74, 6) is -1.27. The van der Waals surface area contributed by atoms with E-state index in [-0.39, 0.29) is 5.76 Å². The number of carboxylic acid groups (broad SMARTS) is 1. The molecule has 0 spiro atoms. The van der Waals surface area contributed by atoms with Gasteiger partial charge in [0.25, 0.3) is 0 Å². The molecule has 4 nitrogen and oxygen atoms in total. The standard InChI is InChI=1S/C7H12O4/c1-3-10-5-6(7(8)9)11-4-2/h5H,3-4H2,1-2H3,(H,8,9). The number of hydrogen-bond donors (Lipinski definition) is 1. The third-order valence-corrected chi connectivity index (χ3v) is 0.868. The second-order valence-electron chi connectivity index (χ2n) is 1.68. The molecule has 0 amide bonds. The van der Waals surface area contributed by atoms with E-state index in [0.29, 0.717) is 13.2 Å². The van der Waals surface area contributed by atoms with Gasteiger partial charge < -0.3 is 14.6 Å². The number of aliphatic carboxylic acids is 1. The van der Waals surface area contributed by atoms with Crippen molar-refractivity contribution in [3.05, 3.63) is 12.0 Å². The van der Waals surface area contributed by atoms with E-state index in [9.17, 15) is 4.79 Å². The van der Waals surface area contributed by atoms with Crippen molar-refractivity contribution in [3.63, 3.8) is 0 Å². The van der Waals surface area contributed by atoms with Crippen LogP contribution in [0, 0.1) is 0 Å². The summed E-state index contributed by atoms with van der Waals surface area (Å²) in [6.45, 7) is 4.24. The highest BCUT2D eigenvalue weighted by Gasteiger charge is 2.06. The van der Waals surface area contributed by atoms with Crippen molar-refractivity contribution < 1.29 is 19.4 Å². The van der Waals surface area contributed by atoms with Crippen LogP contribution >= 0.6 is 0 Å². The first-order valence-corrected chi connectivity index (χ1v) is 3.40. The predicted octanol–water partition coefficient (Wildman–Crippen LogP) is 0.985. The van der Waals surface area contributed by atoms with Crippen LogP contribution in [-0.4, -0.2) is 24.3 Å². The van der Waals surface area contributed by atoms with Gasteiger partial charge in [0.15, 0.2) is 0 Å². The van der Waals surface area contributed by atoms with Crippen LogP contribution in [0.1, 0.15) is 13.8 Å². The Bertz CT molecular complexity index is 151. The van der Waals surface area contributed by atoms with Gasteiger partial charge in [-0.3, -0.25) is 0 Å². The smallest absolute Gasteiger partial charge is 0.374 e. The highest BCUT2D eigenvalue weighted by Crippen LogP contribution is 1.97. The molecule has 0 saturated heterocycles. The second kappa shape index (κ2) is 5.58. The van der Waals surface area contributed by atoms with Gasteiger partial charge in [-0.15, -0.1) is 0 Å². The van der Waals surface area contributed by atoms with Gasteiger partial charge in [-0.05, 0) is 13.8 Å². The molecule has 0 unspecified atom stereocenters. The number of hydrogen-bond acceptors (Lipinski definition) is 3. The normalized spacial score (nSPS) is 10.9. The molecule has 0 aliphatic heterocycles. The van der Waals surface area contributed by atoms with E-state index in [4.69, 9.17) is 14.6 Å². The van der Waals surface area contributed by atoms with Crippen molar-refractivity contribution in [1.29, 1.82) is 0 Å². The van der Waals surface area contributed by atoms with Gasteiger partial charge in [0, 0.05) is 0 Å². The van der Waals surface area contributed by atoms with Crippen molar-refractivity contribution >= 4 is 5.97 Å². The van der Waals surface area contributed by atoms with Gasteiger partial charge in [0.1, 0.15) is 6.26 Å². The molecule has 0 heterocycles. The average molecular weight is 160 g/mol. The summed E-state index contributed by atoms with van der Waals surface area (Å²) in [5, 5.41) is 8.46. The SMILES string of the molecule is CCOC=C(OCC)C(=O)O. The van der Waals surface area contributed by atoms with Gasteiger partial charge in [0.2, 0.25) is 5.76 Å². The minimum Gasteiger partial charge on any atom is -0.497 e. The van der Waals surface area contributed by atoms with Crippen LogP contribution in [0.4, 0.5) is 0 Å². The monoisotopic (exact) mass is 160 g/mol. The van der Waals surface area contributed by atoms with Crippen LogP contribution in [0.25, 0.3) is 0 Å². The molecule has 1 N–H and O–H groups in total. The van der Waals surface area contributed by atoms with Crippen molar-refractivity contribution in [2.45, 2.75) is 13.8 Å². The molecule has 0 aliphatic rings. The fourth-order valence-corrected chi connectivity index (χ4v) is 0.461. The highest BCUT2D eigenvalue weighted by molar-refractivity contribution is 5.83. The Morgan fingerprint density at radius 3 is 2.45 bits per heavy atom. The molecular formula is C7H12O4. The predicted molar refractivity (Wildman–Crippen MR) is 39.0 cm³/mol. The lowest BCUT2D eigenvalue weighted by atomic mass is 10.5. The molecule has 11 heavy (non-hydrogen) atoms. The van der Waals surface area contributed by atoms with Crippen molar-refractivity contribution in [3.8, 4) is 0 Å². The summed E-state index contributed by atoms with van der Waals surface area (Å²) in [6, 6.07) is 0. The maximum Gasteiger partial charge on any atom is 0.374 e. The zero-order chi connectivity index (χ0) is 8.69. The van der Waals surface area contributed by atoms with E-state index < -0.39 is 5.97 Å². The number of carboxylic acids is 1. The molecule has 0 saturated carbocycles. The van der Waals surface area contributed by atoms with Crippen LogP contribution in [0.5, 0.6) is 0 Å². The van der Waals surface area contributed by atoms with Gasteiger partial charge in [-0.1, -0.05) is 0 Å². The summed E-state index contributed by atoms with van der Waals surface area (Å²) < 4.78 is 9.48. The van der Waals surface area contributed by atoms with Gasteiger partial charge in [-0.25, -0.2) is 4.79 Å². The van der Waals surface area contributed by atoms with E-state index >= 15 is 0 Å². The Hall–Kier alpha value is -1.19. The lowest BCUT2D eigenvalue weighted by molar-refractivity contribution is -0.136.